The molecule has 0 aliphatic rings. The van der Waals surface area contributed by atoms with Crippen molar-refractivity contribution in [1.82, 2.24) is 4.98 Å². The van der Waals surface area contributed by atoms with E-state index in [4.69, 9.17) is 0 Å². The molecule has 0 atom stereocenters. The van der Waals surface area contributed by atoms with Crippen LogP contribution >= 0.6 is 0 Å². The van der Waals surface area contributed by atoms with Gasteiger partial charge in [0.05, 0.1) is 18.2 Å². The summed E-state index contributed by atoms with van der Waals surface area (Å²) in [5.41, 5.74) is 1.50. The molecule has 0 aliphatic heterocycles. The van der Waals surface area contributed by atoms with E-state index in [2.05, 4.69) is 20.4 Å². The molecule has 1 heterocycles. The van der Waals surface area contributed by atoms with Crippen LogP contribution in [0, 0.1) is 11.6 Å². The Morgan fingerprint density at radius 2 is 1.57 bits per heavy atom. The van der Waals surface area contributed by atoms with Gasteiger partial charge in [-0.25, -0.2) is 18.6 Å². The Morgan fingerprint density at radius 3 is 2.18 bits per heavy atom. The molecule has 0 radical (unpaired) electrons. The van der Waals surface area contributed by atoms with Crippen LogP contribution < -0.4 is 10.6 Å². The molecule has 2 aromatic carbocycles. The molecule has 0 unspecified atom stereocenters. The molecule has 142 valence electrons. The van der Waals surface area contributed by atoms with Crippen LogP contribution in [0.1, 0.15) is 20.7 Å². The first-order chi connectivity index (χ1) is 13.5. The van der Waals surface area contributed by atoms with E-state index in [1.807, 2.05) is 0 Å². The Bertz CT molecular complexity index is 1010. The second-order valence-corrected chi connectivity index (χ2v) is 5.71. The largest absolute Gasteiger partial charge is 0.465 e. The van der Waals surface area contributed by atoms with E-state index in [0.717, 1.165) is 12.1 Å². The van der Waals surface area contributed by atoms with Crippen LogP contribution in [0.5, 0.6) is 0 Å². The van der Waals surface area contributed by atoms with E-state index in [1.165, 1.54) is 43.6 Å². The monoisotopic (exact) mass is 383 g/mol. The minimum Gasteiger partial charge on any atom is -0.465 e. The van der Waals surface area contributed by atoms with E-state index < -0.39 is 23.5 Å². The predicted octanol–water partition coefficient (Wildman–Crippen LogP) is 4.14. The van der Waals surface area contributed by atoms with Gasteiger partial charge in [-0.3, -0.25) is 4.79 Å². The minimum absolute atomic E-state index is 0.299. The van der Waals surface area contributed by atoms with Gasteiger partial charge in [-0.2, -0.15) is 0 Å². The summed E-state index contributed by atoms with van der Waals surface area (Å²) in [5, 5.41) is 5.50. The number of halogens is 2. The summed E-state index contributed by atoms with van der Waals surface area (Å²) < 4.78 is 30.8. The Kier molecular flexibility index (Phi) is 5.59. The first kappa shape index (κ1) is 19.0. The molecule has 0 aliphatic carbocycles. The number of esters is 1. The number of hydrogen-bond acceptors (Lipinski definition) is 5. The van der Waals surface area contributed by atoms with Crippen LogP contribution in [0.15, 0.2) is 60.8 Å². The van der Waals surface area contributed by atoms with E-state index >= 15 is 0 Å². The van der Waals surface area contributed by atoms with Gasteiger partial charge in [-0.1, -0.05) is 0 Å². The highest BCUT2D eigenvalue weighted by Crippen LogP contribution is 2.18. The smallest absolute Gasteiger partial charge is 0.337 e. The molecule has 8 heteroatoms. The van der Waals surface area contributed by atoms with Crippen molar-refractivity contribution in [1.29, 1.82) is 0 Å². The van der Waals surface area contributed by atoms with Crippen molar-refractivity contribution >= 4 is 29.1 Å². The maximum absolute atomic E-state index is 13.2. The third-order valence-corrected chi connectivity index (χ3v) is 3.78. The van der Waals surface area contributed by atoms with Crippen LogP contribution in [0.4, 0.5) is 26.0 Å². The second kappa shape index (κ2) is 8.26. The number of anilines is 3. The van der Waals surface area contributed by atoms with Crippen molar-refractivity contribution in [2.24, 2.45) is 0 Å². The molecule has 6 nitrogen and oxygen atoms in total. The van der Waals surface area contributed by atoms with E-state index in [0.29, 0.717) is 28.3 Å². The van der Waals surface area contributed by atoms with Crippen molar-refractivity contribution < 1.29 is 23.1 Å². The molecule has 2 N–H and O–H groups in total. The number of carbonyl (C=O) groups excluding carboxylic acids is 2. The fourth-order valence-corrected chi connectivity index (χ4v) is 2.33. The molecule has 3 aromatic rings. The fourth-order valence-electron chi connectivity index (χ4n) is 2.33. The standard InChI is InChI=1S/C20H15F2N3O3/c1-28-20(27)12-2-5-14(6-3-12)25-19(26)13-4-9-18(23-11-13)24-15-7-8-16(21)17(22)10-15/h2-11H,1H3,(H,23,24)(H,25,26). The lowest BCUT2D eigenvalue weighted by Gasteiger charge is -2.08. The Balaban J connectivity index is 1.64. The molecule has 0 fully saturated rings. The number of pyridine rings is 1. The summed E-state index contributed by atoms with van der Waals surface area (Å²) in [5.74, 6) is -2.40. The maximum atomic E-state index is 13.2. The zero-order valence-electron chi connectivity index (χ0n) is 14.7. The summed E-state index contributed by atoms with van der Waals surface area (Å²) in [6, 6.07) is 12.7. The average Bonchev–Trinajstić information content (AvgIpc) is 2.71. The van der Waals surface area contributed by atoms with Crippen LogP contribution in [-0.4, -0.2) is 24.0 Å². The van der Waals surface area contributed by atoms with Gasteiger partial charge in [-0.05, 0) is 48.5 Å². The maximum Gasteiger partial charge on any atom is 0.337 e. The number of benzene rings is 2. The topological polar surface area (TPSA) is 80.3 Å². The summed E-state index contributed by atoms with van der Waals surface area (Å²) >= 11 is 0. The van der Waals surface area contributed by atoms with Crippen molar-refractivity contribution in [2.75, 3.05) is 17.7 Å². The number of amides is 1. The van der Waals surface area contributed by atoms with E-state index in [9.17, 15) is 18.4 Å². The third kappa shape index (κ3) is 4.47. The molecule has 0 bridgehead atoms. The number of carbonyl (C=O) groups is 2. The van der Waals surface area contributed by atoms with Crippen molar-refractivity contribution in [3.05, 3.63) is 83.6 Å². The Morgan fingerprint density at radius 1 is 0.893 bits per heavy atom. The first-order valence-electron chi connectivity index (χ1n) is 8.14. The number of nitrogens with zero attached hydrogens (tertiary/aromatic N) is 1. The van der Waals surface area contributed by atoms with Crippen LogP contribution in [-0.2, 0) is 4.74 Å². The normalized spacial score (nSPS) is 10.2. The molecule has 0 saturated carbocycles. The van der Waals surface area contributed by atoms with Crippen molar-refractivity contribution in [2.45, 2.75) is 0 Å². The Hall–Kier alpha value is -3.81. The van der Waals surface area contributed by atoms with Crippen LogP contribution in [0.2, 0.25) is 0 Å². The first-order valence-corrected chi connectivity index (χ1v) is 8.14. The van der Waals surface area contributed by atoms with Gasteiger partial charge in [0, 0.05) is 23.6 Å². The summed E-state index contributed by atoms with van der Waals surface area (Å²) in [7, 11) is 1.29. The molecule has 1 aromatic heterocycles. The molecule has 1 amide bonds. The highest BCUT2D eigenvalue weighted by molar-refractivity contribution is 6.04. The summed E-state index contributed by atoms with van der Waals surface area (Å²) in [4.78, 5) is 27.8. The lowest BCUT2D eigenvalue weighted by molar-refractivity contribution is 0.0600. The van der Waals surface area contributed by atoms with Gasteiger partial charge >= 0.3 is 5.97 Å². The van der Waals surface area contributed by atoms with Crippen molar-refractivity contribution in [3.8, 4) is 0 Å². The lowest BCUT2D eigenvalue weighted by Crippen LogP contribution is -2.12. The zero-order chi connectivity index (χ0) is 20.1. The van der Waals surface area contributed by atoms with E-state index in [-0.39, 0.29) is 0 Å². The molecular weight excluding hydrogens is 368 g/mol. The number of methoxy groups -OCH3 is 1. The van der Waals surface area contributed by atoms with Crippen molar-refractivity contribution in [3.63, 3.8) is 0 Å². The third-order valence-electron chi connectivity index (χ3n) is 3.78. The highest BCUT2D eigenvalue weighted by Gasteiger charge is 2.09. The summed E-state index contributed by atoms with van der Waals surface area (Å²) in [6.07, 6.45) is 1.35. The Labute approximate surface area is 159 Å². The molecule has 0 spiro atoms. The van der Waals surface area contributed by atoms with Gasteiger partial charge in [-0.15, -0.1) is 0 Å². The minimum atomic E-state index is -0.973. The molecule has 28 heavy (non-hydrogen) atoms. The summed E-state index contributed by atoms with van der Waals surface area (Å²) in [6.45, 7) is 0. The van der Waals surface area contributed by atoms with Crippen LogP contribution in [0.25, 0.3) is 0 Å². The van der Waals surface area contributed by atoms with E-state index in [1.54, 1.807) is 12.1 Å². The number of nitrogens with one attached hydrogen (secondary N) is 2. The fraction of sp³-hybridized carbons (Fsp3) is 0.0500. The highest BCUT2D eigenvalue weighted by atomic mass is 19.2. The van der Waals surface area contributed by atoms with Crippen LogP contribution in [0.3, 0.4) is 0 Å². The van der Waals surface area contributed by atoms with Gasteiger partial charge in [0.15, 0.2) is 11.6 Å². The number of rotatable bonds is 5. The molecular formula is C20H15F2N3O3. The number of ether oxygens (including phenoxy) is 1. The SMILES string of the molecule is COC(=O)c1ccc(NC(=O)c2ccc(Nc3ccc(F)c(F)c3)nc2)cc1. The van der Waals surface area contributed by atoms with Gasteiger partial charge in [0.25, 0.3) is 5.91 Å². The molecule has 3 rings (SSSR count). The molecule has 0 saturated heterocycles. The number of hydrogen-bond donors (Lipinski definition) is 2. The van der Waals surface area contributed by atoms with Gasteiger partial charge < -0.3 is 15.4 Å². The number of aromatic nitrogens is 1. The van der Waals surface area contributed by atoms with Gasteiger partial charge in [0.2, 0.25) is 0 Å². The predicted molar refractivity (Wildman–Crippen MR) is 99.6 cm³/mol. The second-order valence-electron chi connectivity index (χ2n) is 5.71. The zero-order valence-corrected chi connectivity index (χ0v) is 14.7. The quantitative estimate of drug-likeness (QED) is 0.647. The lowest BCUT2D eigenvalue weighted by atomic mass is 10.2. The average molecular weight is 383 g/mol. The van der Waals surface area contributed by atoms with Gasteiger partial charge in [0.1, 0.15) is 5.82 Å².